The molecule has 0 unspecified atom stereocenters. The van der Waals surface area contributed by atoms with Gasteiger partial charge in [0.2, 0.25) is 0 Å². The SMILES string of the molecule is C[C@@H]1C[C@H](c2ccncc2[N+](=O)[O-])O[C@@H]2CCC[C@]12O. The number of rotatable bonds is 2. The van der Waals surface area contributed by atoms with E-state index in [0.29, 0.717) is 12.0 Å². The highest BCUT2D eigenvalue weighted by Gasteiger charge is 2.51. The van der Waals surface area contributed by atoms with Crippen LogP contribution in [0.15, 0.2) is 18.5 Å². The van der Waals surface area contributed by atoms with E-state index in [1.807, 2.05) is 6.92 Å². The molecule has 1 saturated heterocycles. The predicted molar refractivity (Wildman–Crippen MR) is 71.1 cm³/mol. The lowest BCUT2D eigenvalue weighted by molar-refractivity contribution is -0.386. The minimum atomic E-state index is -0.766. The molecule has 0 amide bonds. The third-order valence-electron chi connectivity index (χ3n) is 4.73. The summed E-state index contributed by atoms with van der Waals surface area (Å²) in [4.78, 5) is 14.5. The molecule has 4 atom stereocenters. The van der Waals surface area contributed by atoms with Gasteiger partial charge in [0.25, 0.3) is 5.69 Å². The van der Waals surface area contributed by atoms with Crippen LogP contribution in [0.3, 0.4) is 0 Å². The molecule has 0 spiro atoms. The van der Waals surface area contributed by atoms with E-state index in [1.54, 1.807) is 12.3 Å². The van der Waals surface area contributed by atoms with Gasteiger partial charge >= 0.3 is 0 Å². The molecule has 1 N–H and O–H groups in total. The number of ether oxygens (including phenoxy) is 1. The lowest BCUT2D eigenvalue weighted by atomic mass is 9.78. The number of aromatic nitrogens is 1. The molecule has 1 aliphatic heterocycles. The van der Waals surface area contributed by atoms with Crippen molar-refractivity contribution >= 4 is 5.69 Å². The summed E-state index contributed by atoms with van der Waals surface area (Å²) in [6.45, 7) is 2.00. The molecule has 0 radical (unpaired) electrons. The predicted octanol–water partition coefficient (Wildman–Crippen LogP) is 2.37. The first-order chi connectivity index (χ1) is 9.52. The summed E-state index contributed by atoms with van der Waals surface area (Å²) in [6.07, 6.45) is 5.36. The maximum Gasteiger partial charge on any atom is 0.293 e. The van der Waals surface area contributed by atoms with Crippen molar-refractivity contribution in [1.82, 2.24) is 4.98 Å². The van der Waals surface area contributed by atoms with Gasteiger partial charge in [-0.25, -0.2) is 0 Å². The van der Waals surface area contributed by atoms with Crippen molar-refractivity contribution in [1.29, 1.82) is 0 Å². The van der Waals surface area contributed by atoms with Gasteiger partial charge in [0.1, 0.15) is 6.20 Å². The van der Waals surface area contributed by atoms with Gasteiger partial charge in [-0.1, -0.05) is 6.92 Å². The number of aliphatic hydroxyl groups is 1. The van der Waals surface area contributed by atoms with Crippen LogP contribution in [0.5, 0.6) is 0 Å². The van der Waals surface area contributed by atoms with Crippen LogP contribution in [-0.4, -0.2) is 26.7 Å². The van der Waals surface area contributed by atoms with E-state index in [9.17, 15) is 15.2 Å². The van der Waals surface area contributed by atoms with Crippen molar-refractivity contribution in [2.75, 3.05) is 0 Å². The maximum absolute atomic E-state index is 11.1. The molecule has 1 aliphatic carbocycles. The average Bonchev–Trinajstić information content (AvgIpc) is 2.81. The first kappa shape index (κ1) is 13.5. The summed E-state index contributed by atoms with van der Waals surface area (Å²) in [5.41, 5.74) is -0.211. The molecule has 20 heavy (non-hydrogen) atoms. The smallest absolute Gasteiger partial charge is 0.293 e. The van der Waals surface area contributed by atoms with Gasteiger partial charge in [-0.05, 0) is 37.7 Å². The van der Waals surface area contributed by atoms with Gasteiger partial charge in [0.05, 0.1) is 28.3 Å². The molecule has 6 nitrogen and oxygen atoms in total. The Morgan fingerprint density at radius 3 is 3.15 bits per heavy atom. The largest absolute Gasteiger partial charge is 0.387 e. The van der Waals surface area contributed by atoms with Gasteiger partial charge < -0.3 is 9.84 Å². The van der Waals surface area contributed by atoms with Crippen LogP contribution < -0.4 is 0 Å². The van der Waals surface area contributed by atoms with Crippen molar-refractivity contribution in [3.05, 3.63) is 34.1 Å². The molecule has 1 saturated carbocycles. The van der Waals surface area contributed by atoms with Crippen LogP contribution in [0.2, 0.25) is 0 Å². The van der Waals surface area contributed by atoms with Crippen LogP contribution in [0.4, 0.5) is 5.69 Å². The van der Waals surface area contributed by atoms with Crippen LogP contribution in [0.1, 0.15) is 44.3 Å². The van der Waals surface area contributed by atoms with Gasteiger partial charge in [-0.3, -0.25) is 15.1 Å². The molecule has 0 aromatic carbocycles. The van der Waals surface area contributed by atoms with Gasteiger partial charge in [0.15, 0.2) is 0 Å². The van der Waals surface area contributed by atoms with E-state index in [2.05, 4.69) is 4.98 Å². The molecule has 108 valence electrons. The molecule has 6 heteroatoms. The third kappa shape index (κ3) is 1.99. The first-order valence-electron chi connectivity index (χ1n) is 6.98. The molecule has 2 heterocycles. The zero-order chi connectivity index (χ0) is 14.3. The first-order valence-corrected chi connectivity index (χ1v) is 6.98. The maximum atomic E-state index is 11.1. The lowest BCUT2D eigenvalue weighted by Crippen LogP contribution is -2.49. The van der Waals surface area contributed by atoms with Crippen LogP contribution in [0.25, 0.3) is 0 Å². The van der Waals surface area contributed by atoms with Crippen molar-refractivity contribution in [2.45, 2.75) is 50.4 Å². The van der Waals surface area contributed by atoms with Gasteiger partial charge in [-0.15, -0.1) is 0 Å². The Balaban J connectivity index is 1.91. The molecule has 1 aromatic heterocycles. The fraction of sp³-hybridized carbons (Fsp3) is 0.643. The van der Waals surface area contributed by atoms with Crippen LogP contribution in [0, 0.1) is 16.0 Å². The molecule has 0 bridgehead atoms. The molecule has 2 aliphatic rings. The van der Waals surface area contributed by atoms with Gasteiger partial charge in [-0.2, -0.15) is 0 Å². The third-order valence-corrected chi connectivity index (χ3v) is 4.73. The Kier molecular flexibility index (Phi) is 3.22. The highest BCUT2D eigenvalue weighted by Crippen LogP contribution is 2.49. The van der Waals surface area contributed by atoms with Crippen LogP contribution in [-0.2, 0) is 4.74 Å². The van der Waals surface area contributed by atoms with E-state index >= 15 is 0 Å². The van der Waals surface area contributed by atoms with E-state index in [-0.39, 0.29) is 23.8 Å². The number of hydrogen-bond acceptors (Lipinski definition) is 5. The Morgan fingerprint density at radius 2 is 2.40 bits per heavy atom. The lowest BCUT2D eigenvalue weighted by Gasteiger charge is -2.43. The number of fused-ring (bicyclic) bond motifs is 1. The number of pyridine rings is 1. The minimum Gasteiger partial charge on any atom is -0.387 e. The zero-order valence-electron chi connectivity index (χ0n) is 11.4. The quantitative estimate of drug-likeness (QED) is 0.663. The van der Waals surface area contributed by atoms with Crippen molar-refractivity contribution in [3.8, 4) is 0 Å². The van der Waals surface area contributed by atoms with E-state index < -0.39 is 10.5 Å². The number of nitro groups is 1. The number of nitrogens with zero attached hydrogens (tertiary/aromatic N) is 2. The van der Waals surface area contributed by atoms with Crippen molar-refractivity contribution < 1.29 is 14.8 Å². The van der Waals surface area contributed by atoms with E-state index in [4.69, 9.17) is 4.74 Å². The normalized spacial score (nSPS) is 36.6. The molecule has 2 fully saturated rings. The summed E-state index contributed by atoms with van der Waals surface area (Å²) in [6, 6.07) is 1.65. The highest BCUT2D eigenvalue weighted by atomic mass is 16.6. The van der Waals surface area contributed by atoms with Crippen molar-refractivity contribution in [2.24, 2.45) is 5.92 Å². The Labute approximate surface area is 116 Å². The fourth-order valence-electron chi connectivity index (χ4n) is 3.53. The monoisotopic (exact) mass is 278 g/mol. The fourth-order valence-corrected chi connectivity index (χ4v) is 3.53. The average molecular weight is 278 g/mol. The van der Waals surface area contributed by atoms with Gasteiger partial charge in [0, 0.05) is 6.20 Å². The highest BCUT2D eigenvalue weighted by molar-refractivity contribution is 5.39. The summed E-state index contributed by atoms with van der Waals surface area (Å²) in [7, 11) is 0. The second-order valence-electron chi connectivity index (χ2n) is 5.83. The molecular formula is C14H18N2O4. The Morgan fingerprint density at radius 1 is 1.60 bits per heavy atom. The summed E-state index contributed by atoms with van der Waals surface area (Å²) >= 11 is 0. The van der Waals surface area contributed by atoms with E-state index in [1.165, 1.54) is 6.20 Å². The topological polar surface area (TPSA) is 85.5 Å². The zero-order valence-corrected chi connectivity index (χ0v) is 11.4. The second kappa shape index (κ2) is 4.79. The standard InChI is InChI=1S/C14H18N2O4/c1-9-7-12(20-13-3-2-5-14(9,13)17)10-4-6-15-8-11(10)16(18)19/h4,6,8-9,12-13,17H,2-3,5,7H2,1H3/t9-,12-,13-,14+/m1/s1. The minimum absolute atomic E-state index is 0.00635. The molecule has 1 aromatic rings. The second-order valence-corrected chi connectivity index (χ2v) is 5.83. The van der Waals surface area contributed by atoms with Crippen LogP contribution >= 0.6 is 0 Å². The summed E-state index contributed by atoms with van der Waals surface area (Å²) in [5, 5.41) is 21.7. The molecule has 3 rings (SSSR count). The van der Waals surface area contributed by atoms with Crippen molar-refractivity contribution in [3.63, 3.8) is 0 Å². The number of hydrogen-bond donors (Lipinski definition) is 1. The Hall–Kier alpha value is -1.53. The summed E-state index contributed by atoms with van der Waals surface area (Å²) in [5.74, 6) is 0.0709. The van der Waals surface area contributed by atoms with E-state index in [0.717, 1.165) is 19.3 Å². The summed E-state index contributed by atoms with van der Waals surface area (Å²) < 4.78 is 5.98. The molecular weight excluding hydrogens is 260 g/mol. The Bertz CT molecular complexity index is 536.